The molecule has 0 saturated carbocycles. The zero-order valence-electron chi connectivity index (χ0n) is 12.6. The lowest BCUT2D eigenvalue weighted by atomic mass is 10.1. The van der Waals surface area contributed by atoms with Crippen LogP contribution < -0.4 is 16.0 Å². The monoisotopic (exact) mass is 353 g/mol. The molecule has 1 fully saturated rings. The quantitative estimate of drug-likeness (QED) is 0.768. The number of carbonyl (C=O) groups excluding carboxylic acids is 1. The van der Waals surface area contributed by atoms with E-state index in [9.17, 15) is 4.79 Å². The molecular formula is C15H20ClN5OS. The molecule has 0 atom stereocenters. The number of piperidine rings is 1. The van der Waals surface area contributed by atoms with E-state index < -0.39 is 0 Å². The standard InChI is InChI=1S/C15H19N5OS.ClH/c21-13(10-11-4-2-1-3-5-11)18-15-20-19-14(22-15)17-12-6-8-16-9-7-12;/h1-5,12,16H,6-10H2,(H,17,19)(H,18,20,21);1H. The minimum Gasteiger partial charge on any atom is -0.357 e. The van der Waals surface area contributed by atoms with Crippen LogP contribution in [0.5, 0.6) is 0 Å². The van der Waals surface area contributed by atoms with Crippen molar-refractivity contribution in [1.82, 2.24) is 15.5 Å². The Morgan fingerprint density at radius 2 is 1.87 bits per heavy atom. The first-order valence-corrected chi connectivity index (χ1v) is 8.26. The summed E-state index contributed by atoms with van der Waals surface area (Å²) >= 11 is 1.38. The van der Waals surface area contributed by atoms with Gasteiger partial charge >= 0.3 is 0 Å². The maximum absolute atomic E-state index is 12.0. The first kappa shape index (κ1) is 17.7. The van der Waals surface area contributed by atoms with Gasteiger partial charge in [-0.25, -0.2) is 0 Å². The number of nitrogens with zero attached hydrogens (tertiary/aromatic N) is 2. The van der Waals surface area contributed by atoms with Crippen LogP contribution in [-0.4, -0.2) is 35.2 Å². The minimum atomic E-state index is -0.0734. The fraction of sp³-hybridized carbons (Fsp3) is 0.400. The number of carbonyl (C=O) groups is 1. The topological polar surface area (TPSA) is 78.9 Å². The molecule has 0 spiro atoms. The number of anilines is 2. The average molecular weight is 354 g/mol. The molecule has 23 heavy (non-hydrogen) atoms. The zero-order valence-corrected chi connectivity index (χ0v) is 14.3. The van der Waals surface area contributed by atoms with Gasteiger partial charge in [0.25, 0.3) is 0 Å². The third-order valence-corrected chi connectivity index (χ3v) is 4.32. The first-order valence-electron chi connectivity index (χ1n) is 7.44. The van der Waals surface area contributed by atoms with Crippen molar-refractivity contribution in [2.24, 2.45) is 0 Å². The van der Waals surface area contributed by atoms with E-state index in [2.05, 4.69) is 26.1 Å². The molecule has 0 bridgehead atoms. The van der Waals surface area contributed by atoms with Crippen LogP contribution in [-0.2, 0) is 11.2 Å². The van der Waals surface area contributed by atoms with Crippen molar-refractivity contribution in [3.63, 3.8) is 0 Å². The molecule has 1 aromatic carbocycles. The molecule has 2 heterocycles. The Balaban J connectivity index is 0.00000192. The number of hydrogen-bond donors (Lipinski definition) is 3. The molecule has 8 heteroatoms. The molecule has 124 valence electrons. The van der Waals surface area contributed by atoms with E-state index in [0.29, 0.717) is 17.6 Å². The summed E-state index contributed by atoms with van der Waals surface area (Å²) in [7, 11) is 0. The van der Waals surface area contributed by atoms with Crippen molar-refractivity contribution in [2.45, 2.75) is 25.3 Å². The van der Waals surface area contributed by atoms with Crippen LogP contribution in [0.1, 0.15) is 18.4 Å². The number of rotatable bonds is 5. The van der Waals surface area contributed by atoms with Gasteiger partial charge in [-0.2, -0.15) is 0 Å². The van der Waals surface area contributed by atoms with Crippen LogP contribution in [0.3, 0.4) is 0 Å². The molecule has 1 aliphatic heterocycles. The second kappa shape index (κ2) is 8.81. The highest BCUT2D eigenvalue weighted by Crippen LogP contribution is 2.22. The molecule has 3 rings (SSSR count). The number of benzene rings is 1. The van der Waals surface area contributed by atoms with E-state index in [1.165, 1.54) is 11.3 Å². The highest BCUT2D eigenvalue weighted by atomic mass is 35.5. The number of aromatic nitrogens is 2. The molecule has 2 aromatic rings. The van der Waals surface area contributed by atoms with E-state index >= 15 is 0 Å². The molecule has 6 nitrogen and oxygen atoms in total. The Morgan fingerprint density at radius 3 is 2.61 bits per heavy atom. The van der Waals surface area contributed by atoms with Crippen molar-refractivity contribution in [2.75, 3.05) is 23.7 Å². The second-order valence-corrected chi connectivity index (χ2v) is 6.27. The Labute approximate surface area is 145 Å². The maximum atomic E-state index is 12.0. The predicted octanol–water partition coefficient (Wildman–Crippen LogP) is 2.30. The molecule has 1 aromatic heterocycles. The van der Waals surface area contributed by atoms with Crippen molar-refractivity contribution < 1.29 is 4.79 Å². The molecule has 1 saturated heterocycles. The van der Waals surface area contributed by atoms with Gasteiger partial charge in [0, 0.05) is 6.04 Å². The Hall–Kier alpha value is -1.70. The number of halogens is 1. The fourth-order valence-electron chi connectivity index (χ4n) is 2.42. The third-order valence-electron chi connectivity index (χ3n) is 3.55. The number of amides is 1. The summed E-state index contributed by atoms with van der Waals surface area (Å²) in [6, 6.07) is 10.1. The van der Waals surface area contributed by atoms with E-state index in [1.807, 2.05) is 30.3 Å². The third kappa shape index (κ3) is 5.46. The lowest BCUT2D eigenvalue weighted by Crippen LogP contribution is -2.35. The summed E-state index contributed by atoms with van der Waals surface area (Å²) < 4.78 is 0. The van der Waals surface area contributed by atoms with E-state index in [4.69, 9.17) is 0 Å². The van der Waals surface area contributed by atoms with E-state index in [-0.39, 0.29) is 18.3 Å². The predicted molar refractivity (Wildman–Crippen MR) is 95.4 cm³/mol. The van der Waals surface area contributed by atoms with E-state index in [0.717, 1.165) is 36.6 Å². The summed E-state index contributed by atoms with van der Waals surface area (Å²) in [5.41, 5.74) is 0.984. The average Bonchev–Trinajstić information content (AvgIpc) is 2.96. The Morgan fingerprint density at radius 1 is 1.17 bits per heavy atom. The molecule has 0 aliphatic carbocycles. The van der Waals surface area contributed by atoms with Gasteiger partial charge in [0.15, 0.2) is 0 Å². The summed E-state index contributed by atoms with van der Waals surface area (Å²) in [6.45, 7) is 2.05. The van der Waals surface area contributed by atoms with Crippen LogP contribution >= 0.6 is 23.7 Å². The van der Waals surface area contributed by atoms with Gasteiger partial charge in [-0.05, 0) is 31.5 Å². The summed E-state index contributed by atoms with van der Waals surface area (Å²) in [5, 5.41) is 18.9. The number of hydrogen-bond acceptors (Lipinski definition) is 6. The Bertz CT molecular complexity index is 615. The largest absolute Gasteiger partial charge is 0.357 e. The van der Waals surface area contributed by atoms with E-state index in [1.54, 1.807) is 0 Å². The lowest BCUT2D eigenvalue weighted by Gasteiger charge is -2.22. The van der Waals surface area contributed by atoms with Gasteiger partial charge in [-0.3, -0.25) is 4.79 Å². The molecule has 3 N–H and O–H groups in total. The highest BCUT2D eigenvalue weighted by Gasteiger charge is 2.15. The second-order valence-electron chi connectivity index (χ2n) is 5.29. The molecular weight excluding hydrogens is 334 g/mol. The van der Waals surface area contributed by atoms with Gasteiger partial charge in [-0.15, -0.1) is 22.6 Å². The molecule has 1 aliphatic rings. The van der Waals surface area contributed by atoms with Gasteiger partial charge in [0.1, 0.15) is 0 Å². The first-order chi connectivity index (χ1) is 10.8. The van der Waals surface area contributed by atoms with Crippen molar-refractivity contribution in [3.8, 4) is 0 Å². The van der Waals surface area contributed by atoms with Gasteiger partial charge < -0.3 is 16.0 Å². The highest BCUT2D eigenvalue weighted by molar-refractivity contribution is 7.19. The fourth-order valence-corrected chi connectivity index (χ4v) is 3.15. The Kier molecular flexibility index (Phi) is 6.76. The minimum absolute atomic E-state index is 0. The van der Waals surface area contributed by atoms with Gasteiger partial charge in [0.05, 0.1) is 6.42 Å². The summed E-state index contributed by atoms with van der Waals surface area (Å²) in [4.78, 5) is 12.0. The SMILES string of the molecule is Cl.O=C(Cc1ccccc1)Nc1nnc(NC2CCNCC2)s1. The number of nitrogens with one attached hydrogen (secondary N) is 3. The zero-order chi connectivity index (χ0) is 15.2. The van der Waals surface area contributed by atoms with Gasteiger partial charge in [0.2, 0.25) is 16.2 Å². The smallest absolute Gasteiger partial charge is 0.230 e. The van der Waals surface area contributed by atoms with Crippen LogP contribution in [0, 0.1) is 0 Å². The van der Waals surface area contributed by atoms with Crippen LogP contribution in [0.25, 0.3) is 0 Å². The maximum Gasteiger partial charge on any atom is 0.230 e. The molecule has 0 unspecified atom stereocenters. The van der Waals surface area contributed by atoms with Crippen LogP contribution in [0.15, 0.2) is 30.3 Å². The van der Waals surface area contributed by atoms with Crippen LogP contribution in [0.4, 0.5) is 10.3 Å². The van der Waals surface area contributed by atoms with Crippen molar-refractivity contribution in [3.05, 3.63) is 35.9 Å². The van der Waals surface area contributed by atoms with Gasteiger partial charge in [-0.1, -0.05) is 41.7 Å². The molecule has 0 radical (unpaired) electrons. The summed E-state index contributed by atoms with van der Waals surface area (Å²) in [6.07, 6.45) is 2.50. The lowest BCUT2D eigenvalue weighted by molar-refractivity contribution is -0.115. The van der Waals surface area contributed by atoms with Crippen molar-refractivity contribution in [1.29, 1.82) is 0 Å². The summed E-state index contributed by atoms with van der Waals surface area (Å²) in [5.74, 6) is -0.0734. The normalized spacial score (nSPS) is 14.8. The van der Waals surface area contributed by atoms with Crippen molar-refractivity contribution >= 4 is 39.9 Å². The molecule has 1 amide bonds. The van der Waals surface area contributed by atoms with Crippen LogP contribution in [0.2, 0.25) is 0 Å².